The third-order valence-corrected chi connectivity index (χ3v) is 3.83. The maximum absolute atomic E-state index is 9.96. The topological polar surface area (TPSA) is 50.4 Å². The van der Waals surface area contributed by atoms with Gasteiger partial charge < -0.3 is 9.67 Å². The van der Waals surface area contributed by atoms with Crippen LogP contribution in [0.25, 0.3) is 11.0 Å². The summed E-state index contributed by atoms with van der Waals surface area (Å²) in [6, 6.07) is 10.9. The molecule has 0 saturated heterocycles. The van der Waals surface area contributed by atoms with Crippen LogP contribution in [0.15, 0.2) is 41.4 Å². The summed E-state index contributed by atoms with van der Waals surface area (Å²) in [5, 5.41) is 10.6. The number of imidazole rings is 1. The van der Waals surface area contributed by atoms with Crippen LogP contribution in [-0.4, -0.2) is 20.9 Å². The third kappa shape index (κ3) is 2.67. The van der Waals surface area contributed by atoms with Gasteiger partial charge in [0.25, 0.3) is 0 Å². The van der Waals surface area contributed by atoms with E-state index >= 15 is 0 Å². The predicted molar refractivity (Wildman–Crippen MR) is 90.8 cm³/mol. The zero-order valence-electron chi connectivity index (χ0n) is 11.8. The minimum absolute atomic E-state index is 0.0472. The molecule has 1 N–H and O–H groups in total. The Morgan fingerprint density at radius 3 is 2.82 bits per heavy atom. The maximum atomic E-state index is 9.96. The number of nitrogens with zero attached hydrogens (tertiary/aromatic N) is 3. The molecule has 0 radical (unpaired) electrons. The molecule has 0 spiro atoms. The molecule has 112 valence electrons. The number of halogens is 2. The number of hydrogen-bond acceptors (Lipinski definition) is 3. The third-order valence-electron chi connectivity index (χ3n) is 3.33. The molecular formula is C16H13Cl2N3O. The van der Waals surface area contributed by atoms with E-state index in [0.29, 0.717) is 16.5 Å². The molecule has 0 aliphatic rings. The number of hydrogen-bond donors (Lipinski definition) is 1. The van der Waals surface area contributed by atoms with Crippen LogP contribution >= 0.6 is 23.2 Å². The van der Waals surface area contributed by atoms with Gasteiger partial charge in [-0.25, -0.2) is 9.98 Å². The fraction of sp³-hybridized carbons (Fsp3) is 0.125. The van der Waals surface area contributed by atoms with Gasteiger partial charge in [-0.15, -0.1) is 0 Å². The van der Waals surface area contributed by atoms with Crippen molar-refractivity contribution in [2.45, 2.75) is 13.5 Å². The molecule has 0 aliphatic heterocycles. The highest BCUT2D eigenvalue weighted by Crippen LogP contribution is 2.30. The van der Waals surface area contributed by atoms with E-state index < -0.39 is 0 Å². The molecule has 4 nitrogen and oxygen atoms in total. The van der Waals surface area contributed by atoms with Crippen LogP contribution in [0.5, 0.6) is 5.75 Å². The van der Waals surface area contributed by atoms with E-state index in [4.69, 9.17) is 23.2 Å². The molecule has 0 saturated carbocycles. The largest absolute Gasteiger partial charge is 0.506 e. The Hall–Kier alpha value is -2.04. The molecule has 0 aliphatic carbocycles. The summed E-state index contributed by atoms with van der Waals surface area (Å²) in [7, 11) is 0. The number of aromatic hydroxyl groups is 1. The van der Waals surface area contributed by atoms with Gasteiger partial charge in [0.05, 0.1) is 16.1 Å². The van der Waals surface area contributed by atoms with E-state index in [2.05, 4.69) is 9.98 Å². The smallest absolute Gasteiger partial charge is 0.230 e. The summed E-state index contributed by atoms with van der Waals surface area (Å²) in [5.41, 5.74) is 2.35. The second-order valence-electron chi connectivity index (χ2n) is 4.73. The quantitative estimate of drug-likeness (QED) is 0.698. The molecule has 6 heteroatoms. The van der Waals surface area contributed by atoms with Gasteiger partial charge in [-0.1, -0.05) is 35.3 Å². The summed E-state index contributed by atoms with van der Waals surface area (Å²) in [6.07, 6.45) is 1.51. The van der Waals surface area contributed by atoms with Gasteiger partial charge in [0.1, 0.15) is 5.75 Å². The SMILES string of the molecule is CCn1c(N=Cc2cc(Cl)cc(Cl)c2O)nc2ccccc21. The highest BCUT2D eigenvalue weighted by atomic mass is 35.5. The maximum Gasteiger partial charge on any atom is 0.230 e. The van der Waals surface area contributed by atoms with E-state index in [-0.39, 0.29) is 10.8 Å². The fourth-order valence-electron chi connectivity index (χ4n) is 2.28. The van der Waals surface area contributed by atoms with Crippen molar-refractivity contribution in [2.24, 2.45) is 4.99 Å². The predicted octanol–water partition coefficient (Wildman–Crippen LogP) is 4.82. The molecular weight excluding hydrogens is 321 g/mol. The van der Waals surface area contributed by atoms with Crippen molar-refractivity contribution in [3.05, 3.63) is 52.0 Å². The molecule has 1 heterocycles. The van der Waals surface area contributed by atoms with E-state index in [0.717, 1.165) is 17.6 Å². The molecule has 3 aromatic rings. The number of para-hydroxylation sites is 2. The fourth-order valence-corrected chi connectivity index (χ4v) is 2.79. The van der Waals surface area contributed by atoms with Crippen LogP contribution in [0, 0.1) is 0 Å². The minimum atomic E-state index is -0.0472. The first-order valence-corrected chi connectivity index (χ1v) is 7.53. The van der Waals surface area contributed by atoms with E-state index in [1.54, 1.807) is 6.07 Å². The summed E-state index contributed by atoms with van der Waals surface area (Å²) < 4.78 is 2.00. The highest BCUT2D eigenvalue weighted by Gasteiger charge is 2.09. The van der Waals surface area contributed by atoms with Crippen molar-refractivity contribution >= 4 is 46.4 Å². The van der Waals surface area contributed by atoms with Crippen molar-refractivity contribution in [3.63, 3.8) is 0 Å². The van der Waals surface area contributed by atoms with Crippen molar-refractivity contribution in [2.75, 3.05) is 0 Å². The van der Waals surface area contributed by atoms with Crippen molar-refractivity contribution in [1.29, 1.82) is 0 Å². The second-order valence-corrected chi connectivity index (χ2v) is 5.57. The van der Waals surface area contributed by atoms with Gasteiger partial charge in [0.15, 0.2) is 0 Å². The zero-order chi connectivity index (χ0) is 15.7. The van der Waals surface area contributed by atoms with Gasteiger partial charge in [-0.2, -0.15) is 0 Å². The summed E-state index contributed by atoms with van der Waals surface area (Å²) in [4.78, 5) is 8.87. The average Bonchev–Trinajstić information content (AvgIpc) is 2.86. The van der Waals surface area contributed by atoms with E-state index in [9.17, 15) is 5.11 Å². The van der Waals surface area contributed by atoms with Gasteiger partial charge in [0.2, 0.25) is 5.95 Å². The summed E-state index contributed by atoms with van der Waals surface area (Å²) >= 11 is 11.9. The number of rotatable bonds is 3. The van der Waals surface area contributed by atoms with Crippen LogP contribution in [0.1, 0.15) is 12.5 Å². The Labute approximate surface area is 137 Å². The van der Waals surface area contributed by atoms with Gasteiger partial charge in [-0.3, -0.25) is 0 Å². The zero-order valence-corrected chi connectivity index (χ0v) is 13.3. The Kier molecular flexibility index (Phi) is 4.05. The van der Waals surface area contributed by atoms with E-state index in [1.165, 1.54) is 12.3 Å². The Balaban J connectivity index is 2.06. The molecule has 0 amide bonds. The van der Waals surface area contributed by atoms with Crippen molar-refractivity contribution in [1.82, 2.24) is 9.55 Å². The van der Waals surface area contributed by atoms with Gasteiger partial charge in [-0.05, 0) is 31.2 Å². The standard InChI is InChI=1S/C16H13Cl2N3O/c1-2-21-14-6-4-3-5-13(14)20-16(21)19-9-10-7-11(17)8-12(18)15(10)22/h3-9,22H,2H2,1H3. The van der Waals surface area contributed by atoms with Gasteiger partial charge in [0, 0.05) is 23.3 Å². The highest BCUT2D eigenvalue weighted by molar-refractivity contribution is 6.36. The number of phenols is 1. The van der Waals surface area contributed by atoms with Crippen LogP contribution in [0.2, 0.25) is 10.0 Å². The number of benzene rings is 2. The Morgan fingerprint density at radius 1 is 1.27 bits per heavy atom. The summed E-state index contributed by atoms with van der Waals surface area (Å²) in [6.45, 7) is 2.77. The Morgan fingerprint density at radius 2 is 2.05 bits per heavy atom. The summed E-state index contributed by atoms with van der Waals surface area (Å²) in [5.74, 6) is 0.521. The minimum Gasteiger partial charge on any atom is -0.506 e. The molecule has 1 aromatic heterocycles. The molecule has 22 heavy (non-hydrogen) atoms. The number of phenolic OH excluding ortho intramolecular Hbond substituents is 1. The van der Waals surface area contributed by atoms with Crippen molar-refractivity contribution < 1.29 is 5.11 Å². The molecule has 0 bridgehead atoms. The first kappa shape index (κ1) is 14.9. The average molecular weight is 334 g/mol. The lowest BCUT2D eigenvalue weighted by molar-refractivity contribution is 0.475. The second kappa shape index (κ2) is 5.99. The lowest BCUT2D eigenvalue weighted by atomic mass is 10.2. The lowest BCUT2D eigenvalue weighted by Crippen LogP contribution is -1.93. The lowest BCUT2D eigenvalue weighted by Gasteiger charge is -2.03. The molecule has 0 fully saturated rings. The van der Waals surface area contributed by atoms with Crippen LogP contribution in [0.3, 0.4) is 0 Å². The first-order valence-electron chi connectivity index (χ1n) is 6.77. The molecule has 3 rings (SSSR count). The first-order chi connectivity index (χ1) is 10.6. The molecule has 0 unspecified atom stereocenters. The number of fused-ring (bicyclic) bond motifs is 1. The molecule has 0 atom stereocenters. The Bertz CT molecular complexity index is 871. The van der Waals surface area contributed by atoms with Crippen LogP contribution < -0.4 is 0 Å². The van der Waals surface area contributed by atoms with Crippen LogP contribution in [-0.2, 0) is 6.54 Å². The van der Waals surface area contributed by atoms with E-state index in [1.807, 2.05) is 35.8 Å². The molecule has 2 aromatic carbocycles. The number of aryl methyl sites for hydroxylation is 1. The van der Waals surface area contributed by atoms with Crippen LogP contribution in [0.4, 0.5) is 5.95 Å². The monoisotopic (exact) mass is 333 g/mol. The number of aromatic nitrogens is 2. The normalized spacial score (nSPS) is 11.6. The van der Waals surface area contributed by atoms with Crippen molar-refractivity contribution in [3.8, 4) is 5.75 Å². The number of aliphatic imine (C=N–C) groups is 1. The van der Waals surface area contributed by atoms with Gasteiger partial charge >= 0.3 is 0 Å².